The fourth-order valence-corrected chi connectivity index (χ4v) is 1.79. The van der Waals surface area contributed by atoms with Crippen molar-refractivity contribution in [1.29, 1.82) is 0 Å². The van der Waals surface area contributed by atoms with Gasteiger partial charge in [-0.15, -0.1) is 0 Å². The molecule has 0 aliphatic carbocycles. The van der Waals surface area contributed by atoms with Gasteiger partial charge in [0.25, 0.3) is 0 Å². The number of Topliss-reactive ketones (excluding diaryl/α,β-unsaturated/α-hetero) is 1. The van der Waals surface area contributed by atoms with Gasteiger partial charge in [0.05, 0.1) is 12.0 Å². The molecule has 0 aliphatic rings. The summed E-state index contributed by atoms with van der Waals surface area (Å²) in [5.74, 6) is -1.88. The summed E-state index contributed by atoms with van der Waals surface area (Å²) < 4.78 is 9.93. The molecule has 5 heteroatoms. The van der Waals surface area contributed by atoms with Gasteiger partial charge in [0.1, 0.15) is 11.3 Å². The molecule has 94 valence electrons. The maximum Gasteiger partial charge on any atom is 0.383 e. The molecular formula is C13H12O5. The van der Waals surface area contributed by atoms with Crippen LogP contribution in [0.4, 0.5) is 0 Å². The van der Waals surface area contributed by atoms with Crippen molar-refractivity contribution in [2.75, 3.05) is 6.61 Å². The lowest BCUT2D eigenvalue weighted by Gasteiger charge is -1.98. The average molecular weight is 248 g/mol. The largest absolute Gasteiger partial charge is 0.507 e. The van der Waals surface area contributed by atoms with Gasteiger partial charge in [-0.05, 0) is 26.0 Å². The molecule has 0 amide bonds. The SMILES string of the molecule is CCOC(=O)C(=O)c1oc2cccc(O)c2c1C. The smallest absolute Gasteiger partial charge is 0.383 e. The molecule has 0 bridgehead atoms. The van der Waals surface area contributed by atoms with Gasteiger partial charge >= 0.3 is 11.8 Å². The first-order valence-corrected chi connectivity index (χ1v) is 5.48. The quantitative estimate of drug-likeness (QED) is 0.512. The summed E-state index contributed by atoms with van der Waals surface area (Å²) in [4.78, 5) is 23.1. The van der Waals surface area contributed by atoms with Crippen LogP contribution >= 0.6 is 0 Å². The van der Waals surface area contributed by atoms with Crippen LogP contribution < -0.4 is 0 Å². The predicted molar refractivity (Wildman–Crippen MR) is 63.6 cm³/mol. The van der Waals surface area contributed by atoms with Crippen molar-refractivity contribution >= 4 is 22.7 Å². The van der Waals surface area contributed by atoms with E-state index in [1.165, 1.54) is 6.07 Å². The monoisotopic (exact) mass is 248 g/mol. The van der Waals surface area contributed by atoms with Crippen molar-refractivity contribution in [2.24, 2.45) is 0 Å². The molecule has 5 nitrogen and oxygen atoms in total. The van der Waals surface area contributed by atoms with E-state index < -0.39 is 11.8 Å². The minimum atomic E-state index is -0.959. The second-order valence-corrected chi connectivity index (χ2v) is 3.76. The fourth-order valence-electron chi connectivity index (χ4n) is 1.79. The zero-order valence-electron chi connectivity index (χ0n) is 10.0. The first kappa shape index (κ1) is 12.2. The van der Waals surface area contributed by atoms with E-state index in [0.29, 0.717) is 16.5 Å². The number of carbonyl (C=O) groups excluding carboxylic acids is 2. The average Bonchev–Trinajstić information content (AvgIpc) is 2.67. The number of esters is 1. The van der Waals surface area contributed by atoms with Crippen LogP contribution in [0.15, 0.2) is 22.6 Å². The van der Waals surface area contributed by atoms with Crippen LogP contribution in [0.3, 0.4) is 0 Å². The van der Waals surface area contributed by atoms with E-state index in [4.69, 9.17) is 4.42 Å². The first-order valence-electron chi connectivity index (χ1n) is 5.48. The Morgan fingerprint density at radius 3 is 2.72 bits per heavy atom. The van der Waals surface area contributed by atoms with Crippen molar-refractivity contribution in [3.63, 3.8) is 0 Å². The third kappa shape index (κ3) is 1.84. The number of furan rings is 1. The molecule has 0 saturated carbocycles. The lowest BCUT2D eigenvalue weighted by Crippen LogP contribution is -2.17. The highest BCUT2D eigenvalue weighted by Crippen LogP contribution is 2.32. The van der Waals surface area contributed by atoms with E-state index in [1.807, 2.05) is 0 Å². The Morgan fingerprint density at radius 1 is 1.39 bits per heavy atom. The lowest BCUT2D eigenvalue weighted by molar-refractivity contribution is -0.137. The van der Waals surface area contributed by atoms with E-state index in [0.717, 1.165) is 0 Å². The predicted octanol–water partition coefficient (Wildman–Crippen LogP) is 2.19. The number of aromatic hydroxyl groups is 1. The Hall–Kier alpha value is -2.30. The molecule has 0 atom stereocenters. The normalized spacial score (nSPS) is 10.6. The Bertz CT molecular complexity index is 624. The summed E-state index contributed by atoms with van der Waals surface area (Å²) in [6.45, 7) is 3.34. The molecule has 0 spiro atoms. The highest BCUT2D eigenvalue weighted by molar-refractivity contribution is 6.40. The van der Waals surface area contributed by atoms with Crippen LogP contribution in [0.2, 0.25) is 0 Å². The molecule has 1 aromatic carbocycles. The van der Waals surface area contributed by atoms with Gasteiger partial charge in [0, 0.05) is 5.56 Å². The molecular weight excluding hydrogens is 236 g/mol. The molecule has 18 heavy (non-hydrogen) atoms. The highest BCUT2D eigenvalue weighted by Gasteiger charge is 2.26. The number of benzene rings is 1. The van der Waals surface area contributed by atoms with Crippen LogP contribution in [-0.2, 0) is 9.53 Å². The Morgan fingerprint density at radius 2 is 2.11 bits per heavy atom. The van der Waals surface area contributed by atoms with Gasteiger partial charge in [-0.2, -0.15) is 0 Å². The summed E-state index contributed by atoms with van der Waals surface area (Å²) in [7, 11) is 0. The maximum atomic E-state index is 11.8. The second kappa shape index (κ2) is 4.52. The van der Waals surface area contributed by atoms with E-state index in [1.54, 1.807) is 26.0 Å². The van der Waals surface area contributed by atoms with Crippen LogP contribution in [0.5, 0.6) is 5.75 Å². The van der Waals surface area contributed by atoms with E-state index in [-0.39, 0.29) is 18.1 Å². The minimum absolute atomic E-state index is 0.0108. The number of aryl methyl sites for hydroxylation is 1. The molecule has 1 aromatic heterocycles. The summed E-state index contributed by atoms with van der Waals surface area (Å²) in [5, 5.41) is 10.1. The number of phenolic OH excluding ortho intramolecular Hbond substituents is 1. The highest BCUT2D eigenvalue weighted by atomic mass is 16.5. The second-order valence-electron chi connectivity index (χ2n) is 3.76. The fraction of sp³-hybridized carbons (Fsp3) is 0.231. The molecule has 1 N–H and O–H groups in total. The Kier molecular flexibility index (Phi) is 3.06. The molecule has 1 heterocycles. The molecule has 0 aliphatic heterocycles. The van der Waals surface area contributed by atoms with Gasteiger partial charge in [-0.25, -0.2) is 4.79 Å². The van der Waals surface area contributed by atoms with Gasteiger partial charge in [-0.3, -0.25) is 4.79 Å². The topological polar surface area (TPSA) is 76.7 Å². The number of carbonyl (C=O) groups is 2. The Balaban J connectivity index is 2.53. The van der Waals surface area contributed by atoms with Crippen molar-refractivity contribution in [1.82, 2.24) is 0 Å². The first-order chi connectivity index (χ1) is 8.56. The number of rotatable bonds is 3. The number of ether oxygens (including phenoxy) is 1. The molecule has 0 radical (unpaired) electrons. The van der Waals surface area contributed by atoms with Gasteiger partial charge in [0.2, 0.25) is 0 Å². The number of hydrogen-bond donors (Lipinski definition) is 1. The van der Waals surface area contributed by atoms with Gasteiger partial charge < -0.3 is 14.3 Å². The molecule has 0 unspecified atom stereocenters. The number of ketones is 1. The van der Waals surface area contributed by atoms with Crippen LogP contribution in [0, 0.1) is 6.92 Å². The van der Waals surface area contributed by atoms with Gasteiger partial charge in [-0.1, -0.05) is 6.07 Å². The summed E-state index contributed by atoms with van der Waals surface area (Å²) in [6.07, 6.45) is 0. The standard InChI is InChI=1S/C13H12O5/c1-3-17-13(16)11(15)12-7(2)10-8(14)5-4-6-9(10)18-12/h4-6,14H,3H2,1-2H3. The molecule has 2 rings (SSSR count). The van der Waals surface area contributed by atoms with Crippen molar-refractivity contribution in [3.05, 3.63) is 29.5 Å². The van der Waals surface area contributed by atoms with Crippen molar-refractivity contribution < 1.29 is 23.8 Å². The third-order valence-electron chi connectivity index (χ3n) is 2.60. The van der Waals surface area contributed by atoms with Crippen LogP contribution in [0.1, 0.15) is 23.0 Å². The third-order valence-corrected chi connectivity index (χ3v) is 2.60. The number of fused-ring (bicyclic) bond motifs is 1. The molecule has 0 fully saturated rings. The number of phenols is 1. The lowest BCUT2D eigenvalue weighted by atomic mass is 10.1. The van der Waals surface area contributed by atoms with Crippen molar-refractivity contribution in [2.45, 2.75) is 13.8 Å². The Labute approximate surface area is 103 Å². The molecule has 0 saturated heterocycles. The van der Waals surface area contributed by atoms with Crippen LogP contribution in [0.25, 0.3) is 11.0 Å². The summed E-state index contributed by atoms with van der Waals surface area (Å²) >= 11 is 0. The zero-order valence-corrected chi connectivity index (χ0v) is 10.0. The van der Waals surface area contributed by atoms with E-state index in [2.05, 4.69) is 4.74 Å². The minimum Gasteiger partial charge on any atom is -0.507 e. The summed E-state index contributed by atoms with van der Waals surface area (Å²) in [5.41, 5.74) is 0.793. The summed E-state index contributed by atoms with van der Waals surface area (Å²) in [6, 6.07) is 4.70. The van der Waals surface area contributed by atoms with E-state index >= 15 is 0 Å². The number of hydrogen-bond acceptors (Lipinski definition) is 5. The van der Waals surface area contributed by atoms with Crippen molar-refractivity contribution in [3.8, 4) is 5.75 Å². The zero-order chi connectivity index (χ0) is 13.3. The maximum absolute atomic E-state index is 11.8. The van der Waals surface area contributed by atoms with Crippen LogP contribution in [-0.4, -0.2) is 23.5 Å². The van der Waals surface area contributed by atoms with E-state index in [9.17, 15) is 14.7 Å². The van der Waals surface area contributed by atoms with Gasteiger partial charge in [0.15, 0.2) is 5.76 Å². The molecule has 2 aromatic rings.